The van der Waals surface area contributed by atoms with Crippen molar-refractivity contribution in [2.75, 3.05) is 21.3 Å². The molecule has 162 valence electrons. The van der Waals surface area contributed by atoms with E-state index in [0.29, 0.717) is 31.5 Å². The average molecular weight is 421 g/mol. The van der Waals surface area contributed by atoms with Gasteiger partial charge in [-0.25, -0.2) is 4.98 Å². The Morgan fingerprint density at radius 1 is 0.903 bits per heavy atom. The van der Waals surface area contributed by atoms with Gasteiger partial charge in [-0.15, -0.1) is 0 Å². The van der Waals surface area contributed by atoms with Crippen molar-refractivity contribution in [3.8, 4) is 17.4 Å². The monoisotopic (exact) mass is 420 g/mol. The van der Waals surface area contributed by atoms with Gasteiger partial charge in [0, 0.05) is 43.5 Å². The lowest BCUT2D eigenvalue weighted by Crippen LogP contribution is -2.36. The average Bonchev–Trinajstić information content (AvgIpc) is 2.84. The Labute approximate surface area is 183 Å². The zero-order valence-corrected chi connectivity index (χ0v) is 18.1. The molecular formula is C24H28N4O3. The summed E-state index contributed by atoms with van der Waals surface area (Å²) in [5, 5.41) is 6.61. The molecule has 0 fully saturated rings. The van der Waals surface area contributed by atoms with Gasteiger partial charge in [-0.3, -0.25) is 4.99 Å². The van der Waals surface area contributed by atoms with E-state index in [1.165, 1.54) is 0 Å². The van der Waals surface area contributed by atoms with Gasteiger partial charge in [-0.1, -0.05) is 36.4 Å². The minimum absolute atomic E-state index is 0.467. The number of aromatic nitrogens is 1. The number of aliphatic imine (C=N–C) groups is 1. The van der Waals surface area contributed by atoms with Crippen molar-refractivity contribution in [2.24, 2.45) is 4.99 Å². The number of benzene rings is 2. The third-order valence-electron chi connectivity index (χ3n) is 4.68. The van der Waals surface area contributed by atoms with Crippen molar-refractivity contribution in [3.05, 3.63) is 83.6 Å². The molecule has 2 aromatic carbocycles. The van der Waals surface area contributed by atoms with Crippen LogP contribution in [-0.2, 0) is 19.7 Å². The lowest BCUT2D eigenvalue weighted by molar-refractivity contribution is 0.290. The second-order valence-corrected chi connectivity index (χ2v) is 6.70. The second kappa shape index (κ2) is 11.4. The molecule has 0 saturated carbocycles. The molecule has 0 atom stereocenters. The SMILES string of the molecule is CN=C(NCc1ccc(OC)cc1OC)NCc1cccnc1OCc1ccccc1. The van der Waals surface area contributed by atoms with E-state index in [1.54, 1.807) is 27.5 Å². The highest BCUT2D eigenvalue weighted by molar-refractivity contribution is 5.79. The molecule has 0 aliphatic carbocycles. The van der Waals surface area contributed by atoms with Gasteiger partial charge in [0.2, 0.25) is 5.88 Å². The van der Waals surface area contributed by atoms with Gasteiger partial charge in [0.05, 0.1) is 14.2 Å². The van der Waals surface area contributed by atoms with E-state index in [4.69, 9.17) is 14.2 Å². The van der Waals surface area contributed by atoms with Gasteiger partial charge in [-0.2, -0.15) is 0 Å². The van der Waals surface area contributed by atoms with Crippen LogP contribution in [0, 0.1) is 0 Å². The van der Waals surface area contributed by atoms with Gasteiger partial charge in [0.15, 0.2) is 5.96 Å². The predicted molar refractivity (Wildman–Crippen MR) is 122 cm³/mol. The van der Waals surface area contributed by atoms with Gasteiger partial charge >= 0.3 is 0 Å². The first-order valence-corrected chi connectivity index (χ1v) is 9.99. The summed E-state index contributed by atoms with van der Waals surface area (Å²) in [7, 11) is 5.01. The van der Waals surface area contributed by atoms with Gasteiger partial charge < -0.3 is 24.8 Å². The maximum absolute atomic E-state index is 5.93. The zero-order valence-electron chi connectivity index (χ0n) is 18.1. The second-order valence-electron chi connectivity index (χ2n) is 6.70. The summed E-state index contributed by atoms with van der Waals surface area (Å²) >= 11 is 0. The van der Waals surface area contributed by atoms with Crippen molar-refractivity contribution in [3.63, 3.8) is 0 Å². The Kier molecular flexibility index (Phi) is 8.11. The minimum Gasteiger partial charge on any atom is -0.497 e. The number of hydrogen-bond donors (Lipinski definition) is 2. The third kappa shape index (κ3) is 6.37. The zero-order chi connectivity index (χ0) is 21.9. The van der Waals surface area contributed by atoms with Crippen LogP contribution in [0.15, 0.2) is 71.9 Å². The van der Waals surface area contributed by atoms with E-state index in [2.05, 4.69) is 20.6 Å². The predicted octanol–water partition coefficient (Wildman–Crippen LogP) is 3.54. The van der Waals surface area contributed by atoms with Crippen LogP contribution in [0.5, 0.6) is 17.4 Å². The van der Waals surface area contributed by atoms with E-state index in [0.717, 1.165) is 28.2 Å². The Bertz CT molecular complexity index is 993. The number of ether oxygens (including phenoxy) is 3. The molecule has 7 nitrogen and oxygen atoms in total. The van der Waals surface area contributed by atoms with Crippen LogP contribution in [0.3, 0.4) is 0 Å². The van der Waals surface area contributed by atoms with E-state index < -0.39 is 0 Å². The summed E-state index contributed by atoms with van der Waals surface area (Å²) in [5.41, 5.74) is 3.04. The number of guanidine groups is 1. The largest absolute Gasteiger partial charge is 0.497 e. The topological polar surface area (TPSA) is 77.0 Å². The Morgan fingerprint density at radius 3 is 2.39 bits per heavy atom. The van der Waals surface area contributed by atoms with Crippen LogP contribution in [0.1, 0.15) is 16.7 Å². The molecular weight excluding hydrogens is 392 g/mol. The number of hydrogen-bond acceptors (Lipinski definition) is 5. The molecule has 0 spiro atoms. The summed E-state index contributed by atoms with van der Waals surface area (Å²) < 4.78 is 16.6. The van der Waals surface area contributed by atoms with Gasteiger partial charge in [0.25, 0.3) is 0 Å². The van der Waals surface area contributed by atoms with E-state index in [1.807, 2.05) is 60.7 Å². The van der Waals surface area contributed by atoms with Crippen LogP contribution in [0.4, 0.5) is 0 Å². The van der Waals surface area contributed by atoms with Crippen LogP contribution in [0.2, 0.25) is 0 Å². The highest BCUT2D eigenvalue weighted by Gasteiger charge is 2.09. The molecule has 0 aliphatic rings. The Balaban J connectivity index is 1.57. The fraction of sp³-hybridized carbons (Fsp3) is 0.250. The number of nitrogens with one attached hydrogen (secondary N) is 2. The summed E-state index contributed by atoms with van der Waals surface area (Å²) in [5.74, 6) is 2.77. The van der Waals surface area contributed by atoms with Crippen molar-refractivity contribution < 1.29 is 14.2 Å². The molecule has 7 heteroatoms. The standard InChI is InChI=1S/C24H28N4O3/c1-25-24(27-15-19-11-12-21(29-2)14-22(19)30-3)28-16-20-10-7-13-26-23(20)31-17-18-8-5-4-6-9-18/h4-14H,15-17H2,1-3H3,(H2,25,27,28). The molecule has 3 rings (SSSR count). The molecule has 1 aromatic heterocycles. The van der Waals surface area contributed by atoms with Crippen molar-refractivity contribution in [1.82, 2.24) is 15.6 Å². The number of methoxy groups -OCH3 is 2. The number of pyridine rings is 1. The molecule has 3 aromatic rings. The lowest BCUT2D eigenvalue weighted by atomic mass is 10.2. The fourth-order valence-corrected chi connectivity index (χ4v) is 2.99. The molecule has 0 saturated heterocycles. The van der Waals surface area contributed by atoms with Crippen LogP contribution in [0.25, 0.3) is 0 Å². The molecule has 31 heavy (non-hydrogen) atoms. The van der Waals surface area contributed by atoms with Crippen molar-refractivity contribution in [1.29, 1.82) is 0 Å². The molecule has 0 bridgehead atoms. The quantitative estimate of drug-likeness (QED) is 0.407. The first-order chi connectivity index (χ1) is 15.2. The van der Waals surface area contributed by atoms with Crippen LogP contribution >= 0.6 is 0 Å². The Hall–Kier alpha value is -3.74. The third-order valence-corrected chi connectivity index (χ3v) is 4.68. The summed E-state index contributed by atoms with van der Waals surface area (Å²) in [4.78, 5) is 8.68. The van der Waals surface area contributed by atoms with Crippen LogP contribution in [-0.4, -0.2) is 32.2 Å². The summed E-state index contributed by atoms with van der Waals surface area (Å²) in [6, 6.07) is 19.6. The first kappa shape index (κ1) is 22.0. The maximum atomic E-state index is 5.93. The molecule has 2 N–H and O–H groups in total. The highest BCUT2D eigenvalue weighted by Crippen LogP contribution is 2.24. The van der Waals surface area contributed by atoms with E-state index >= 15 is 0 Å². The van der Waals surface area contributed by atoms with Crippen LogP contribution < -0.4 is 24.8 Å². The Morgan fingerprint density at radius 2 is 1.68 bits per heavy atom. The molecule has 1 heterocycles. The van der Waals surface area contributed by atoms with Gasteiger partial charge in [-0.05, 0) is 23.8 Å². The summed E-state index contributed by atoms with van der Waals surface area (Å²) in [6.07, 6.45) is 1.73. The fourth-order valence-electron chi connectivity index (χ4n) is 2.99. The number of nitrogens with zero attached hydrogens (tertiary/aromatic N) is 2. The van der Waals surface area contributed by atoms with Gasteiger partial charge in [0.1, 0.15) is 18.1 Å². The summed E-state index contributed by atoms with van der Waals surface area (Å²) in [6.45, 7) is 1.55. The highest BCUT2D eigenvalue weighted by atomic mass is 16.5. The minimum atomic E-state index is 0.467. The lowest BCUT2D eigenvalue weighted by Gasteiger charge is -2.15. The normalized spacial score (nSPS) is 11.0. The van der Waals surface area contributed by atoms with E-state index in [-0.39, 0.29) is 0 Å². The molecule has 0 unspecified atom stereocenters. The molecule has 0 amide bonds. The maximum Gasteiger partial charge on any atom is 0.218 e. The molecule has 0 aliphatic heterocycles. The number of rotatable bonds is 9. The van der Waals surface area contributed by atoms with Crippen molar-refractivity contribution in [2.45, 2.75) is 19.7 Å². The van der Waals surface area contributed by atoms with E-state index in [9.17, 15) is 0 Å². The smallest absolute Gasteiger partial charge is 0.218 e. The first-order valence-electron chi connectivity index (χ1n) is 9.99. The molecule has 0 radical (unpaired) electrons. The van der Waals surface area contributed by atoms with Crippen molar-refractivity contribution >= 4 is 5.96 Å².